The van der Waals surface area contributed by atoms with Gasteiger partial charge in [0.05, 0.1) is 0 Å². The second kappa shape index (κ2) is 6.42. The van der Waals surface area contributed by atoms with Crippen molar-refractivity contribution in [1.29, 1.82) is 0 Å². The molecule has 3 heteroatoms. The summed E-state index contributed by atoms with van der Waals surface area (Å²) in [5.74, 6) is 0.0954. The summed E-state index contributed by atoms with van der Waals surface area (Å²) in [6, 6.07) is 12.4. The molecule has 2 rings (SSSR count). The molecule has 0 aliphatic heterocycles. The van der Waals surface area contributed by atoms with Gasteiger partial charge < -0.3 is 9.88 Å². The second-order valence-electron chi connectivity index (χ2n) is 5.28. The van der Waals surface area contributed by atoms with Crippen molar-refractivity contribution in [3.05, 3.63) is 58.9 Å². The average Bonchev–Trinajstić information content (AvgIpc) is 2.75. The highest BCUT2D eigenvalue weighted by atomic mass is 16.1. The van der Waals surface area contributed by atoms with Gasteiger partial charge in [0.15, 0.2) is 0 Å². The van der Waals surface area contributed by atoms with Gasteiger partial charge in [-0.15, -0.1) is 0 Å². The van der Waals surface area contributed by atoms with Crippen molar-refractivity contribution < 1.29 is 4.79 Å². The Morgan fingerprint density at radius 3 is 2.20 bits per heavy atom. The smallest absolute Gasteiger partial charge is 0.222 e. The Morgan fingerprint density at radius 2 is 1.60 bits per heavy atom. The third kappa shape index (κ3) is 3.73. The highest BCUT2D eigenvalue weighted by Crippen LogP contribution is 2.08. The van der Waals surface area contributed by atoms with Crippen LogP contribution in [0.2, 0.25) is 0 Å². The molecule has 0 atom stereocenters. The molecule has 0 radical (unpaired) electrons. The number of hydrogen-bond acceptors (Lipinski definition) is 1. The van der Waals surface area contributed by atoms with E-state index in [0.29, 0.717) is 13.0 Å². The molecule has 1 aromatic carbocycles. The molecule has 1 N–H and O–H groups in total. The number of amides is 1. The van der Waals surface area contributed by atoms with E-state index in [-0.39, 0.29) is 5.91 Å². The number of rotatable bonds is 5. The SMILES string of the molecule is Cc1ccc(CNC(=O)CCn2c(C)ccc2C)cc1. The molecule has 0 spiro atoms. The summed E-state index contributed by atoms with van der Waals surface area (Å²) in [6.45, 7) is 7.53. The van der Waals surface area contributed by atoms with Crippen LogP contribution < -0.4 is 5.32 Å². The zero-order chi connectivity index (χ0) is 14.5. The van der Waals surface area contributed by atoms with E-state index in [1.807, 2.05) is 0 Å². The van der Waals surface area contributed by atoms with Crippen molar-refractivity contribution in [2.45, 2.75) is 40.3 Å². The Kier molecular flexibility index (Phi) is 4.61. The molecule has 20 heavy (non-hydrogen) atoms. The van der Waals surface area contributed by atoms with Crippen LogP contribution in [0, 0.1) is 20.8 Å². The van der Waals surface area contributed by atoms with E-state index in [2.05, 4.69) is 67.1 Å². The highest BCUT2D eigenvalue weighted by Gasteiger charge is 2.05. The monoisotopic (exact) mass is 270 g/mol. The molecule has 106 valence electrons. The molecular formula is C17H22N2O. The van der Waals surface area contributed by atoms with Crippen LogP contribution in [-0.4, -0.2) is 10.5 Å². The maximum atomic E-state index is 11.9. The number of nitrogens with one attached hydrogen (secondary N) is 1. The van der Waals surface area contributed by atoms with Crippen molar-refractivity contribution in [2.75, 3.05) is 0 Å². The maximum absolute atomic E-state index is 11.9. The zero-order valence-electron chi connectivity index (χ0n) is 12.4. The van der Waals surface area contributed by atoms with Gasteiger partial charge in [0.1, 0.15) is 0 Å². The van der Waals surface area contributed by atoms with Crippen molar-refractivity contribution in [3.63, 3.8) is 0 Å². The first-order valence-corrected chi connectivity index (χ1v) is 7.01. The van der Waals surface area contributed by atoms with Crippen LogP contribution >= 0.6 is 0 Å². The van der Waals surface area contributed by atoms with E-state index in [9.17, 15) is 4.79 Å². The lowest BCUT2D eigenvalue weighted by atomic mass is 10.1. The van der Waals surface area contributed by atoms with Crippen molar-refractivity contribution in [1.82, 2.24) is 9.88 Å². The molecule has 0 aliphatic rings. The zero-order valence-corrected chi connectivity index (χ0v) is 12.4. The number of aromatic nitrogens is 1. The predicted molar refractivity (Wildman–Crippen MR) is 81.5 cm³/mol. The lowest BCUT2D eigenvalue weighted by Crippen LogP contribution is -2.24. The third-order valence-corrected chi connectivity index (χ3v) is 3.59. The minimum absolute atomic E-state index is 0.0954. The largest absolute Gasteiger partial charge is 0.352 e. The van der Waals surface area contributed by atoms with E-state index < -0.39 is 0 Å². The fraction of sp³-hybridized carbons (Fsp3) is 0.353. The number of carbonyl (C=O) groups is 1. The number of hydrogen-bond donors (Lipinski definition) is 1. The van der Waals surface area contributed by atoms with Crippen LogP contribution in [0.4, 0.5) is 0 Å². The second-order valence-corrected chi connectivity index (χ2v) is 5.28. The molecule has 1 aromatic heterocycles. The molecule has 1 heterocycles. The van der Waals surface area contributed by atoms with Gasteiger partial charge in [-0.25, -0.2) is 0 Å². The summed E-state index contributed by atoms with van der Waals surface area (Å²) in [4.78, 5) is 11.9. The predicted octanol–water partition coefficient (Wildman–Crippen LogP) is 3.12. The Balaban J connectivity index is 1.80. The molecule has 0 unspecified atom stereocenters. The molecule has 3 nitrogen and oxygen atoms in total. The Morgan fingerprint density at radius 1 is 1.00 bits per heavy atom. The quantitative estimate of drug-likeness (QED) is 0.890. The van der Waals surface area contributed by atoms with Crippen LogP contribution in [0.25, 0.3) is 0 Å². The Hall–Kier alpha value is -2.03. The van der Waals surface area contributed by atoms with E-state index in [1.54, 1.807) is 0 Å². The van der Waals surface area contributed by atoms with E-state index in [1.165, 1.54) is 17.0 Å². The summed E-state index contributed by atoms with van der Waals surface area (Å²) in [5, 5.41) is 2.97. The first-order chi connectivity index (χ1) is 9.56. The number of carbonyl (C=O) groups excluding carboxylic acids is 1. The van der Waals surface area contributed by atoms with Crippen molar-refractivity contribution in [3.8, 4) is 0 Å². The van der Waals surface area contributed by atoms with Crippen LogP contribution in [-0.2, 0) is 17.9 Å². The normalized spacial score (nSPS) is 10.6. The van der Waals surface area contributed by atoms with E-state index in [0.717, 1.165) is 12.1 Å². The number of benzene rings is 1. The molecule has 0 aliphatic carbocycles. The summed E-state index contributed by atoms with van der Waals surface area (Å²) < 4.78 is 2.17. The minimum atomic E-state index is 0.0954. The topological polar surface area (TPSA) is 34.0 Å². The Labute approximate surface area is 120 Å². The summed E-state index contributed by atoms with van der Waals surface area (Å²) in [6.07, 6.45) is 0.516. The lowest BCUT2D eigenvalue weighted by Gasteiger charge is -2.10. The van der Waals surface area contributed by atoms with Gasteiger partial charge in [0.25, 0.3) is 0 Å². The summed E-state index contributed by atoms with van der Waals surface area (Å²) >= 11 is 0. The van der Waals surface area contributed by atoms with Gasteiger partial charge in [-0.1, -0.05) is 29.8 Å². The Bertz CT molecular complexity index is 562. The average molecular weight is 270 g/mol. The van der Waals surface area contributed by atoms with E-state index in [4.69, 9.17) is 0 Å². The molecule has 1 amide bonds. The summed E-state index contributed by atoms with van der Waals surface area (Å²) in [5.41, 5.74) is 4.78. The molecule has 0 bridgehead atoms. The molecule has 0 saturated carbocycles. The van der Waals surface area contributed by atoms with E-state index >= 15 is 0 Å². The van der Waals surface area contributed by atoms with Crippen LogP contribution in [0.3, 0.4) is 0 Å². The number of nitrogens with zero attached hydrogens (tertiary/aromatic N) is 1. The lowest BCUT2D eigenvalue weighted by molar-refractivity contribution is -0.121. The van der Waals surface area contributed by atoms with Crippen LogP contribution in [0.1, 0.15) is 28.9 Å². The van der Waals surface area contributed by atoms with Gasteiger partial charge in [-0.05, 0) is 38.5 Å². The number of aryl methyl sites for hydroxylation is 3. The highest BCUT2D eigenvalue weighted by molar-refractivity contribution is 5.75. The van der Waals surface area contributed by atoms with Crippen LogP contribution in [0.5, 0.6) is 0 Å². The fourth-order valence-electron chi connectivity index (χ4n) is 2.26. The van der Waals surface area contributed by atoms with Gasteiger partial charge >= 0.3 is 0 Å². The molecular weight excluding hydrogens is 248 g/mol. The fourth-order valence-corrected chi connectivity index (χ4v) is 2.26. The molecule has 0 fully saturated rings. The standard InChI is InChI=1S/C17H22N2O/c1-13-4-8-16(9-5-13)12-18-17(20)10-11-19-14(2)6-7-15(19)3/h4-9H,10-12H2,1-3H3,(H,18,20). The summed E-state index contributed by atoms with van der Waals surface area (Å²) in [7, 11) is 0. The molecule has 2 aromatic rings. The van der Waals surface area contributed by atoms with Crippen molar-refractivity contribution in [2.24, 2.45) is 0 Å². The van der Waals surface area contributed by atoms with Gasteiger partial charge in [0, 0.05) is 30.9 Å². The van der Waals surface area contributed by atoms with Gasteiger partial charge in [-0.2, -0.15) is 0 Å². The van der Waals surface area contributed by atoms with Gasteiger partial charge in [0.2, 0.25) is 5.91 Å². The van der Waals surface area contributed by atoms with Crippen molar-refractivity contribution >= 4 is 5.91 Å². The van der Waals surface area contributed by atoms with Crippen LogP contribution in [0.15, 0.2) is 36.4 Å². The first-order valence-electron chi connectivity index (χ1n) is 7.01. The third-order valence-electron chi connectivity index (χ3n) is 3.59. The molecule has 0 saturated heterocycles. The van der Waals surface area contributed by atoms with Gasteiger partial charge in [-0.3, -0.25) is 4.79 Å². The first kappa shape index (κ1) is 14.4. The minimum Gasteiger partial charge on any atom is -0.352 e. The maximum Gasteiger partial charge on any atom is 0.222 e.